The van der Waals surface area contributed by atoms with Gasteiger partial charge in [-0.25, -0.2) is 0 Å². The highest BCUT2D eigenvalue weighted by atomic mass is 16.3. The average molecular weight is 264 g/mol. The molecular weight excluding hydrogens is 236 g/mol. The zero-order chi connectivity index (χ0) is 13.7. The maximum absolute atomic E-state index is 5.66. The molecule has 19 heavy (non-hydrogen) atoms. The van der Waals surface area contributed by atoms with Gasteiger partial charge in [0.15, 0.2) is 0 Å². The van der Waals surface area contributed by atoms with Gasteiger partial charge in [-0.05, 0) is 51.9 Å². The molecular formula is C16H28N2O. The van der Waals surface area contributed by atoms with E-state index in [2.05, 4.69) is 30.4 Å². The Labute approximate surface area is 117 Å². The van der Waals surface area contributed by atoms with Crippen LogP contribution < -0.4 is 5.32 Å². The summed E-state index contributed by atoms with van der Waals surface area (Å²) in [6.07, 6.45) is 6.84. The van der Waals surface area contributed by atoms with E-state index in [0.717, 1.165) is 30.5 Å². The molecule has 0 aliphatic heterocycles. The van der Waals surface area contributed by atoms with Gasteiger partial charge in [0.2, 0.25) is 0 Å². The van der Waals surface area contributed by atoms with Gasteiger partial charge in [-0.2, -0.15) is 0 Å². The van der Waals surface area contributed by atoms with Crippen LogP contribution in [0.1, 0.15) is 43.6 Å². The van der Waals surface area contributed by atoms with Crippen LogP contribution in [0.5, 0.6) is 0 Å². The van der Waals surface area contributed by atoms with E-state index < -0.39 is 0 Å². The number of aryl methyl sites for hydroxylation is 1. The molecule has 0 saturated heterocycles. The minimum atomic E-state index is 0.684. The van der Waals surface area contributed by atoms with E-state index in [1.165, 1.54) is 32.1 Å². The zero-order valence-electron chi connectivity index (χ0n) is 12.6. The van der Waals surface area contributed by atoms with Gasteiger partial charge in [0.05, 0.1) is 6.54 Å². The molecule has 2 rings (SSSR count). The van der Waals surface area contributed by atoms with Crippen molar-refractivity contribution in [2.24, 2.45) is 5.92 Å². The first-order valence-corrected chi connectivity index (χ1v) is 7.60. The molecule has 0 spiro atoms. The van der Waals surface area contributed by atoms with Crippen LogP contribution in [0.4, 0.5) is 0 Å². The van der Waals surface area contributed by atoms with E-state index in [4.69, 9.17) is 4.42 Å². The lowest BCUT2D eigenvalue weighted by molar-refractivity contribution is 0.211. The SMILES string of the molecule is CNC1CCCCCC1CN(C)Cc1ccc(C)o1. The third kappa shape index (κ3) is 4.36. The number of nitrogens with zero attached hydrogens (tertiary/aromatic N) is 1. The van der Waals surface area contributed by atoms with E-state index in [1.54, 1.807) is 0 Å². The minimum Gasteiger partial charge on any atom is -0.465 e. The average Bonchev–Trinajstić information content (AvgIpc) is 2.65. The Morgan fingerprint density at radius 1 is 1.26 bits per heavy atom. The second-order valence-corrected chi connectivity index (χ2v) is 6.00. The Morgan fingerprint density at radius 2 is 2.05 bits per heavy atom. The molecule has 1 N–H and O–H groups in total. The summed E-state index contributed by atoms with van der Waals surface area (Å²) in [5, 5.41) is 3.52. The number of hydrogen-bond donors (Lipinski definition) is 1. The summed E-state index contributed by atoms with van der Waals surface area (Å²) >= 11 is 0. The van der Waals surface area contributed by atoms with Gasteiger partial charge >= 0.3 is 0 Å². The third-order valence-electron chi connectivity index (χ3n) is 4.30. The molecule has 0 amide bonds. The fourth-order valence-electron chi connectivity index (χ4n) is 3.28. The second-order valence-electron chi connectivity index (χ2n) is 6.00. The van der Waals surface area contributed by atoms with Gasteiger partial charge in [0.25, 0.3) is 0 Å². The lowest BCUT2D eigenvalue weighted by Crippen LogP contribution is -2.39. The molecule has 0 bridgehead atoms. The number of rotatable bonds is 5. The Morgan fingerprint density at radius 3 is 2.74 bits per heavy atom. The van der Waals surface area contributed by atoms with Crippen molar-refractivity contribution < 1.29 is 4.42 Å². The summed E-state index contributed by atoms with van der Waals surface area (Å²) in [7, 11) is 4.31. The predicted molar refractivity (Wildman–Crippen MR) is 79.2 cm³/mol. The van der Waals surface area contributed by atoms with Crippen LogP contribution in [0.15, 0.2) is 16.5 Å². The van der Waals surface area contributed by atoms with Crippen molar-refractivity contribution >= 4 is 0 Å². The molecule has 0 aromatic carbocycles. The van der Waals surface area contributed by atoms with Crippen LogP contribution in [0.2, 0.25) is 0 Å². The van der Waals surface area contributed by atoms with Gasteiger partial charge in [0.1, 0.15) is 11.5 Å². The predicted octanol–water partition coefficient (Wildman–Crippen LogP) is 3.19. The van der Waals surface area contributed by atoms with Crippen molar-refractivity contribution in [1.82, 2.24) is 10.2 Å². The Balaban J connectivity index is 1.87. The molecule has 3 nitrogen and oxygen atoms in total. The molecule has 3 heteroatoms. The van der Waals surface area contributed by atoms with E-state index in [-0.39, 0.29) is 0 Å². The largest absolute Gasteiger partial charge is 0.465 e. The summed E-state index contributed by atoms with van der Waals surface area (Å²) in [5.41, 5.74) is 0. The van der Waals surface area contributed by atoms with Crippen LogP contribution in [0.25, 0.3) is 0 Å². The summed E-state index contributed by atoms with van der Waals surface area (Å²) in [5.74, 6) is 2.86. The molecule has 1 heterocycles. The highest BCUT2D eigenvalue weighted by molar-refractivity contribution is 5.05. The van der Waals surface area contributed by atoms with Gasteiger partial charge < -0.3 is 9.73 Å². The molecule has 1 aliphatic rings. The zero-order valence-corrected chi connectivity index (χ0v) is 12.6. The van der Waals surface area contributed by atoms with E-state index in [1.807, 2.05) is 13.0 Å². The lowest BCUT2D eigenvalue weighted by Gasteiger charge is -2.28. The quantitative estimate of drug-likeness (QED) is 0.828. The van der Waals surface area contributed by atoms with Crippen LogP contribution in [0.3, 0.4) is 0 Å². The molecule has 1 aromatic rings. The normalized spacial score (nSPS) is 24.6. The van der Waals surface area contributed by atoms with Crippen molar-refractivity contribution in [3.63, 3.8) is 0 Å². The molecule has 1 aromatic heterocycles. The number of hydrogen-bond acceptors (Lipinski definition) is 3. The van der Waals surface area contributed by atoms with Gasteiger partial charge in [-0.1, -0.05) is 19.3 Å². The van der Waals surface area contributed by atoms with Crippen molar-refractivity contribution in [2.75, 3.05) is 20.6 Å². The highest BCUT2D eigenvalue weighted by Crippen LogP contribution is 2.24. The Kier molecular flexibility index (Phi) is 5.46. The minimum absolute atomic E-state index is 0.684. The molecule has 1 aliphatic carbocycles. The monoisotopic (exact) mass is 264 g/mol. The van der Waals surface area contributed by atoms with E-state index in [9.17, 15) is 0 Å². The summed E-state index contributed by atoms with van der Waals surface area (Å²) in [4.78, 5) is 2.40. The van der Waals surface area contributed by atoms with Crippen molar-refractivity contribution in [3.8, 4) is 0 Å². The molecule has 0 radical (unpaired) electrons. The topological polar surface area (TPSA) is 28.4 Å². The first-order valence-electron chi connectivity index (χ1n) is 7.60. The maximum Gasteiger partial charge on any atom is 0.118 e. The maximum atomic E-state index is 5.66. The van der Waals surface area contributed by atoms with E-state index >= 15 is 0 Å². The highest BCUT2D eigenvalue weighted by Gasteiger charge is 2.23. The van der Waals surface area contributed by atoms with Gasteiger partial charge in [0, 0.05) is 12.6 Å². The first-order chi connectivity index (χ1) is 9.19. The molecule has 1 saturated carbocycles. The first kappa shape index (κ1) is 14.6. The number of furan rings is 1. The number of nitrogens with one attached hydrogen (secondary N) is 1. The lowest BCUT2D eigenvalue weighted by atomic mass is 9.94. The van der Waals surface area contributed by atoms with Gasteiger partial charge in [-0.15, -0.1) is 0 Å². The molecule has 108 valence electrons. The van der Waals surface area contributed by atoms with Gasteiger partial charge in [-0.3, -0.25) is 4.90 Å². The van der Waals surface area contributed by atoms with Crippen molar-refractivity contribution in [2.45, 2.75) is 51.6 Å². The fraction of sp³-hybridized carbons (Fsp3) is 0.750. The molecule has 1 fully saturated rings. The molecule has 2 atom stereocenters. The van der Waals surface area contributed by atoms with Crippen LogP contribution >= 0.6 is 0 Å². The summed E-state index contributed by atoms with van der Waals surface area (Å²) in [6.45, 7) is 4.08. The smallest absolute Gasteiger partial charge is 0.118 e. The van der Waals surface area contributed by atoms with Crippen LogP contribution in [-0.2, 0) is 6.54 Å². The standard InChI is InChI=1S/C16H28N2O/c1-13-9-10-15(19-13)12-18(3)11-14-7-5-4-6-8-16(14)17-2/h9-10,14,16-17H,4-8,11-12H2,1-3H3. The Bertz CT molecular complexity index is 375. The van der Waals surface area contributed by atoms with Crippen molar-refractivity contribution in [1.29, 1.82) is 0 Å². The van der Waals surface area contributed by atoms with Crippen molar-refractivity contribution in [3.05, 3.63) is 23.7 Å². The third-order valence-corrected chi connectivity index (χ3v) is 4.30. The van der Waals surface area contributed by atoms with E-state index in [0.29, 0.717) is 6.04 Å². The van der Waals surface area contributed by atoms with Crippen LogP contribution in [-0.4, -0.2) is 31.6 Å². The fourth-order valence-corrected chi connectivity index (χ4v) is 3.28. The van der Waals surface area contributed by atoms with Crippen LogP contribution in [0, 0.1) is 12.8 Å². The second kappa shape index (κ2) is 7.11. The Hall–Kier alpha value is -0.800. The molecule has 2 unspecified atom stereocenters. The summed E-state index contributed by atoms with van der Waals surface area (Å²) < 4.78 is 5.66. The summed E-state index contributed by atoms with van der Waals surface area (Å²) in [6, 6.07) is 4.82.